The molecule has 0 bridgehead atoms. The first kappa shape index (κ1) is 38.3. The zero-order valence-corrected chi connectivity index (χ0v) is 32.7. The Labute approximate surface area is 327 Å². The molecule has 3 aromatic rings. The summed E-state index contributed by atoms with van der Waals surface area (Å²) in [5.74, 6) is -0.313. The lowest BCUT2D eigenvalue weighted by molar-refractivity contribution is -0.164. The standard InChI is InChI=1S/C44H48ClN5O5/c1-43(2)41(44(3,4)42(43)55-33-14-12-31(25-46)35(45)24-33)48-38(52)29-10-8-27(9-11-29)7-5-6-20-49-21-18-28(19-22-49)30-13-15-34-32(23-30)26-50(40(34)54)36-16-17-37(51)47-39(36)53/h8-15,18,23-24,36,41-42H,5-7,16-17,19-22,26H2,1-4H3,(H,48,52)(H,47,51,53). The number of hydrogen-bond donors (Lipinski definition) is 2. The number of carbonyl (C=O) groups excluding carboxylic acids is 4. The van der Waals surface area contributed by atoms with Crippen LogP contribution < -0.4 is 15.4 Å². The summed E-state index contributed by atoms with van der Waals surface area (Å²) in [7, 11) is 0. The summed E-state index contributed by atoms with van der Waals surface area (Å²) in [6, 6.07) is 20.4. The van der Waals surface area contributed by atoms with Gasteiger partial charge in [-0.3, -0.25) is 29.4 Å². The lowest BCUT2D eigenvalue weighted by Crippen LogP contribution is -2.74. The van der Waals surface area contributed by atoms with Crippen LogP contribution in [0.25, 0.3) is 5.57 Å². The van der Waals surface area contributed by atoms with Gasteiger partial charge in [0.25, 0.3) is 11.8 Å². The van der Waals surface area contributed by atoms with E-state index in [1.807, 2.05) is 24.3 Å². The Bertz CT molecular complexity index is 2090. The molecule has 3 aromatic carbocycles. The number of nitriles is 1. The number of fused-ring (bicyclic) bond motifs is 1. The van der Waals surface area contributed by atoms with Gasteiger partial charge in [-0.2, -0.15) is 5.26 Å². The van der Waals surface area contributed by atoms with E-state index in [1.165, 1.54) is 11.1 Å². The van der Waals surface area contributed by atoms with E-state index >= 15 is 0 Å². The largest absolute Gasteiger partial charge is 0.489 e. The van der Waals surface area contributed by atoms with Crippen LogP contribution in [0.2, 0.25) is 5.02 Å². The molecule has 0 radical (unpaired) electrons. The average Bonchev–Trinajstić information content (AvgIpc) is 3.49. The van der Waals surface area contributed by atoms with Crippen molar-refractivity contribution in [3.8, 4) is 11.8 Å². The minimum atomic E-state index is -0.604. The first-order valence-electron chi connectivity index (χ1n) is 19.2. The molecule has 10 nitrogen and oxygen atoms in total. The summed E-state index contributed by atoms with van der Waals surface area (Å²) in [5.41, 5.74) is 5.55. The molecule has 3 heterocycles. The zero-order chi connectivity index (χ0) is 39.1. The van der Waals surface area contributed by atoms with Gasteiger partial charge in [-0.25, -0.2) is 0 Å². The predicted molar refractivity (Wildman–Crippen MR) is 210 cm³/mol. The Hall–Kier alpha value is -4.98. The molecule has 2 N–H and O–H groups in total. The topological polar surface area (TPSA) is 132 Å². The minimum absolute atomic E-state index is 0.0994. The van der Waals surface area contributed by atoms with Crippen molar-refractivity contribution < 1.29 is 23.9 Å². The van der Waals surface area contributed by atoms with Crippen molar-refractivity contribution in [2.75, 3.05) is 19.6 Å². The maximum atomic E-state index is 13.4. The van der Waals surface area contributed by atoms with Crippen molar-refractivity contribution in [2.24, 2.45) is 10.8 Å². The van der Waals surface area contributed by atoms with E-state index in [2.05, 4.69) is 73.6 Å². The number of amides is 4. The van der Waals surface area contributed by atoms with Gasteiger partial charge in [0.15, 0.2) is 0 Å². The molecule has 55 heavy (non-hydrogen) atoms. The van der Waals surface area contributed by atoms with Crippen LogP contribution in [0.1, 0.15) is 103 Å². The molecule has 4 amide bonds. The van der Waals surface area contributed by atoms with Gasteiger partial charge < -0.3 is 15.0 Å². The summed E-state index contributed by atoms with van der Waals surface area (Å²) in [6.07, 6.45) is 6.73. The lowest BCUT2D eigenvalue weighted by Gasteiger charge is -2.63. The number of aryl methyl sites for hydroxylation is 1. The van der Waals surface area contributed by atoms with Crippen molar-refractivity contribution in [3.63, 3.8) is 0 Å². The molecule has 1 aliphatic carbocycles. The zero-order valence-electron chi connectivity index (χ0n) is 31.9. The highest BCUT2D eigenvalue weighted by Gasteiger charge is 2.64. The predicted octanol–water partition coefficient (Wildman–Crippen LogP) is 6.70. The molecule has 0 aromatic heterocycles. The fourth-order valence-corrected chi connectivity index (χ4v) is 9.46. The van der Waals surface area contributed by atoms with Crippen molar-refractivity contribution in [1.29, 1.82) is 5.26 Å². The van der Waals surface area contributed by atoms with Crippen LogP contribution in [-0.4, -0.2) is 71.3 Å². The molecular weight excluding hydrogens is 714 g/mol. The number of halogens is 1. The van der Waals surface area contributed by atoms with Crippen LogP contribution in [0, 0.1) is 22.2 Å². The third kappa shape index (κ3) is 7.65. The number of benzene rings is 3. The molecule has 11 heteroatoms. The number of ether oxygens (including phenoxy) is 1. The van der Waals surface area contributed by atoms with Gasteiger partial charge in [-0.05, 0) is 97.3 Å². The quantitative estimate of drug-likeness (QED) is 0.164. The SMILES string of the molecule is CC1(C)C(NC(=O)c2ccc(CCCCN3CC=C(c4ccc5c(c4)CN(C4CCC(=O)NC4=O)C5=O)CC3)cc2)C(C)(C)C1Oc1ccc(C#N)c(Cl)c1. The van der Waals surface area contributed by atoms with E-state index in [9.17, 15) is 24.4 Å². The van der Waals surface area contributed by atoms with E-state index in [0.717, 1.165) is 56.4 Å². The fraction of sp³-hybridized carbons (Fsp3) is 0.432. The van der Waals surface area contributed by atoms with Crippen LogP contribution >= 0.6 is 11.6 Å². The summed E-state index contributed by atoms with van der Waals surface area (Å²) in [6.45, 7) is 11.6. The molecule has 286 valence electrons. The van der Waals surface area contributed by atoms with Crippen LogP contribution in [0.4, 0.5) is 0 Å². The molecule has 1 unspecified atom stereocenters. The number of piperidine rings is 1. The van der Waals surface area contributed by atoms with Gasteiger partial charge in [0.05, 0.1) is 10.6 Å². The van der Waals surface area contributed by atoms with Gasteiger partial charge in [0.2, 0.25) is 11.8 Å². The van der Waals surface area contributed by atoms with Crippen molar-refractivity contribution in [1.82, 2.24) is 20.4 Å². The number of rotatable bonds is 11. The molecule has 1 saturated carbocycles. The van der Waals surface area contributed by atoms with E-state index in [0.29, 0.717) is 40.4 Å². The highest BCUT2D eigenvalue weighted by molar-refractivity contribution is 6.31. The molecule has 2 fully saturated rings. The Morgan fingerprint density at radius 1 is 1.00 bits per heavy atom. The molecule has 0 spiro atoms. The Morgan fingerprint density at radius 2 is 1.76 bits per heavy atom. The van der Waals surface area contributed by atoms with Crippen LogP contribution in [0.3, 0.4) is 0 Å². The summed E-state index contributed by atoms with van der Waals surface area (Å²) in [4.78, 5) is 54.5. The molecule has 1 atom stereocenters. The summed E-state index contributed by atoms with van der Waals surface area (Å²) >= 11 is 6.24. The summed E-state index contributed by atoms with van der Waals surface area (Å²) in [5, 5.41) is 15.2. The number of unbranched alkanes of at least 4 members (excludes halogenated alkanes) is 1. The van der Waals surface area contributed by atoms with Gasteiger partial charge in [-0.15, -0.1) is 0 Å². The average molecular weight is 762 g/mol. The number of carbonyl (C=O) groups is 4. The normalized spacial score (nSPS) is 22.9. The lowest BCUT2D eigenvalue weighted by atomic mass is 9.49. The molecule has 1 saturated heterocycles. The highest BCUT2D eigenvalue weighted by Crippen LogP contribution is 2.55. The smallest absolute Gasteiger partial charge is 0.255 e. The van der Waals surface area contributed by atoms with Gasteiger partial charge in [0, 0.05) is 60.1 Å². The third-order valence-electron chi connectivity index (χ3n) is 12.0. The molecular formula is C44H48ClN5O5. The Morgan fingerprint density at radius 3 is 2.44 bits per heavy atom. The van der Waals surface area contributed by atoms with Gasteiger partial charge in [0.1, 0.15) is 24.0 Å². The van der Waals surface area contributed by atoms with E-state index in [4.69, 9.17) is 16.3 Å². The van der Waals surface area contributed by atoms with E-state index in [-0.39, 0.29) is 53.0 Å². The minimum Gasteiger partial charge on any atom is -0.489 e. The summed E-state index contributed by atoms with van der Waals surface area (Å²) < 4.78 is 6.36. The number of imide groups is 1. The van der Waals surface area contributed by atoms with Crippen LogP contribution in [-0.2, 0) is 22.6 Å². The maximum absolute atomic E-state index is 13.4. The van der Waals surface area contributed by atoms with E-state index < -0.39 is 6.04 Å². The second-order valence-corrected chi connectivity index (χ2v) is 16.9. The Balaban J connectivity index is 0.848. The van der Waals surface area contributed by atoms with Gasteiger partial charge in [-0.1, -0.05) is 63.6 Å². The third-order valence-corrected chi connectivity index (χ3v) is 12.3. The second-order valence-electron chi connectivity index (χ2n) is 16.5. The van der Waals surface area contributed by atoms with Gasteiger partial charge >= 0.3 is 0 Å². The number of hydrogen-bond acceptors (Lipinski definition) is 7. The van der Waals surface area contributed by atoms with Crippen LogP contribution in [0.15, 0.2) is 66.7 Å². The van der Waals surface area contributed by atoms with Crippen LogP contribution in [0.5, 0.6) is 5.75 Å². The Kier molecular flexibility index (Phi) is 10.6. The first-order valence-corrected chi connectivity index (χ1v) is 19.6. The first-order chi connectivity index (χ1) is 26.3. The molecule has 3 aliphatic heterocycles. The molecule has 7 rings (SSSR count). The van der Waals surface area contributed by atoms with Crippen molar-refractivity contribution >= 4 is 40.8 Å². The van der Waals surface area contributed by atoms with Crippen molar-refractivity contribution in [3.05, 3.63) is 105 Å². The fourth-order valence-electron chi connectivity index (χ4n) is 9.25. The molecule has 4 aliphatic rings. The van der Waals surface area contributed by atoms with Crippen molar-refractivity contribution in [2.45, 2.75) is 91.0 Å². The monoisotopic (exact) mass is 761 g/mol. The number of nitrogens with one attached hydrogen (secondary N) is 2. The van der Waals surface area contributed by atoms with E-state index in [1.54, 1.807) is 23.1 Å². The highest BCUT2D eigenvalue weighted by atomic mass is 35.5. The number of nitrogens with zero attached hydrogens (tertiary/aromatic N) is 3. The maximum Gasteiger partial charge on any atom is 0.255 e. The second kappa shape index (κ2) is 15.3.